The summed E-state index contributed by atoms with van der Waals surface area (Å²) in [5.41, 5.74) is -0.738. The molecular formula is C11H10F8O5S. The lowest BCUT2D eigenvalue weighted by Gasteiger charge is -2.32. The van der Waals surface area contributed by atoms with Crippen molar-refractivity contribution >= 4 is 24.6 Å². The Hall–Kier alpha value is -1.57. The molecule has 146 valence electrons. The fraction of sp³-hybridized carbons (Fsp3) is 0.636. The van der Waals surface area contributed by atoms with Gasteiger partial charge in [0.1, 0.15) is 6.61 Å². The quantitative estimate of drug-likeness (QED) is 0.232. The molecule has 0 bridgehead atoms. The zero-order valence-electron chi connectivity index (χ0n) is 12.1. The number of halogens is 8. The fourth-order valence-corrected chi connectivity index (χ4v) is 1.10. The third-order valence-electron chi connectivity index (χ3n) is 2.04. The van der Waals surface area contributed by atoms with Crippen molar-refractivity contribution < 1.29 is 58.9 Å². The van der Waals surface area contributed by atoms with Crippen molar-refractivity contribution in [2.45, 2.75) is 30.3 Å². The third kappa shape index (κ3) is 7.46. The van der Waals surface area contributed by atoms with Crippen molar-refractivity contribution in [2.75, 3.05) is 13.2 Å². The highest BCUT2D eigenvalue weighted by Crippen LogP contribution is 2.38. The van der Waals surface area contributed by atoms with E-state index >= 15 is 0 Å². The molecule has 0 aliphatic heterocycles. The minimum atomic E-state index is -6.07. The Kier molecular flexibility index (Phi) is 7.27. The summed E-state index contributed by atoms with van der Waals surface area (Å²) in [5, 5.41) is -4.25. The summed E-state index contributed by atoms with van der Waals surface area (Å²) in [4.78, 5) is 22.8. The molecule has 0 saturated carbocycles. The van der Waals surface area contributed by atoms with Gasteiger partial charge >= 0.3 is 35.3 Å². The van der Waals surface area contributed by atoms with Crippen LogP contribution in [0.15, 0.2) is 12.2 Å². The van der Waals surface area contributed by atoms with Crippen molar-refractivity contribution in [1.82, 2.24) is 0 Å². The molecule has 0 fully saturated rings. The van der Waals surface area contributed by atoms with E-state index in [4.69, 9.17) is 0 Å². The van der Waals surface area contributed by atoms with Gasteiger partial charge in [0.15, 0.2) is 6.61 Å². The number of rotatable bonds is 7. The number of alkyl halides is 8. The Bertz CT molecular complexity index is 524. The van der Waals surface area contributed by atoms with Gasteiger partial charge in [-0.05, 0) is 6.92 Å². The second-order valence-corrected chi connectivity index (χ2v) is 5.08. The Morgan fingerprint density at radius 2 is 1.48 bits per heavy atom. The first-order valence-corrected chi connectivity index (χ1v) is 6.30. The molecule has 0 aromatic heterocycles. The second kappa shape index (κ2) is 7.76. The Morgan fingerprint density at radius 1 is 1.00 bits per heavy atom. The van der Waals surface area contributed by atoms with Gasteiger partial charge in [0, 0.05) is 5.57 Å². The summed E-state index contributed by atoms with van der Waals surface area (Å²) in [6.07, 6.45) is -11.3. The zero-order valence-corrected chi connectivity index (χ0v) is 13.0. The number of hydrogen-bond acceptors (Lipinski definition) is 6. The lowest BCUT2D eigenvalue weighted by atomic mass is 10.2. The number of carbonyl (C=O) groups is 2. The van der Waals surface area contributed by atoms with Crippen LogP contribution in [0.5, 0.6) is 0 Å². The second-order valence-electron chi connectivity index (χ2n) is 4.43. The van der Waals surface area contributed by atoms with Gasteiger partial charge in [-0.1, -0.05) is 6.58 Å². The van der Waals surface area contributed by atoms with E-state index in [9.17, 15) is 44.7 Å². The molecule has 25 heavy (non-hydrogen) atoms. The van der Waals surface area contributed by atoms with Gasteiger partial charge in [0.2, 0.25) is 0 Å². The monoisotopic (exact) mass is 406 g/mol. The van der Waals surface area contributed by atoms with Crippen LogP contribution in [0, 0.1) is 0 Å². The van der Waals surface area contributed by atoms with E-state index in [0.717, 1.165) is 6.92 Å². The molecule has 0 N–H and O–H groups in total. The molecule has 0 aromatic rings. The molecule has 0 amide bonds. The predicted octanol–water partition coefficient (Wildman–Crippen LogP) is 3.01. The van der Waals surface area contributed by atoms with Gasteiger partial charge in [-0.2, -0.15) is 35.1 Å². The number of carbonyl (C=O) groups excluding carboxylic acids is 2. The first-order chi connectivity index (χ1) is 10.9. The molecule has 14 heteroatoms. The molecule has 0 radical (unpaired) electrons. The van der Waals surface area contributed by atoms with Gasteiger partial charge in [0.25, 0.3) is 0 Å². The minimum absolute atomic E-state index is 0.738. The van der Waals surface area contributed by atoms with E-state index in [1.165, 1.54) is 0 Å². The van der Waals surface area contributed by atoms with Crippen LogP contribution in [0.1, 0.15) is 6.92 Å². The standard InChI is InChI=1S/C11H10F8O5S/c1-5(2)6(20)24-10(11(17,18)19,23-4-9(15,16)25)7(21)22-3-8(12,13)14/h25H,1,3-4H2,2H3. The van der Waals surface area contributed by atoms with E-state index in [2.05, 4.69) is 33.4 Å². The van der Waals surface area contributed by atoms with Gasteiger partial charge in [-0.25, -0.2) is 9.59 Å². The first kappa shape index (κ1) is 23.4. The van der Waals surface area contributed by atoms with Gasteiger partial charge < -0.3 is 14.2 Å². The maximum atomic E-state index is 13.2. The third-order valence-corrected chi connectivity index (χ3v) is 2.17. The summed E-state index contributed by atoms with van der Waals surface area (Å²) in [6.45, 7) is -1.07. The summed E-state index contributed by atoms with van der Waals surface area (Å²) >= 11 is 2.54. The average molecular weight is 406 g/mol. The molecule has 0 heterocycles. The zero-order chi connectivity index (χ0) is 20.3. The Balaban J connectivity index is 5.87. The summed E-state index contributed by atoms with van der Waals surface area (Å²) < 4.78 is 112. The first-order valence-electron chi connectivity index (χ1n) is 5.85. The minimum Gasteiger partial charge on any atom is -0.451 e. The van der Waals surface area contributed by atoms with E-state index in [1.807, 2.05) is 0 Å². The van der Waals surface area contributed by atoms with Crippen LogP contribution in [0.25, 0.3) is 0 Å². The van der Waals surface area contributed by atoms with E-state index in [-0.39, 0.29) is 0 Å². The van der Waals surface area contributed by atoms with E-state index < -0.39 is 54.1 Å². The van der Waals surface area contributed by atoms with Crippen molar-refractivity contribution in [3.8, 4) is 0 Å². The molecule has 0 rings (SSSR count). The van der Waals surface area contributed by atoms with Crippen LogP contribution >= 0.6 is 12.6 Å². The predicted molar refractivity (Wildman–Crippen MR) is 66.6 cm³/mol. The Labute approximate surface area is 140 Å². The average Bonchev–Trinajstić information content (AvgIpc) is 2.37. The lowest BCUT2D eigenvalue weighted by Crippen LogP contribution is -2.59. The van der Waals surface area contributed by atoms with E-state index in [1.54, 1.807) is 0 Å². The molecule has 0 saturated heterocycles. The highest BCUT2D eigenvalue weighted by atomic mass is 32.1. The van der Waals surface area contributed by atoms with Crippen LogP contribution in [0.2, 0.25) is 0 Å². The van der Waals surface area contributed by atoms with Crippen molar-refractivity contribution in [2.24, 2.45) is 0 Å². The molecule has 0 aliphatic rings. The fourth-order valence-electron chi connectivity index (χ4n) is 1.03. The Morgan fingerprint density at radius 3 is 1.80 bits per heavy atom. The topological polar surface area (TPSA) is 61.8 Å². The smallest absolute Gasteiger partial charge is 0.451 e. The normalized spacial score (nSPS) is 15.3. The number of esters is 2. The van der Waals surface area contributed by atoms with Gasteiger partial charge in [0.05, 0.1) is 0 Å². The van der Waals surface area contributed by atoms with Crippen LogP contribution in [0.3, 0.4) is 0 Å². The maximum absolute atomic E-state index is 13.2. The molecule has 0 aliphatic carbocycles. The van der Waals surface area contributed by atoms with Crippen molar-refractivity contribution in [1.29, 1.82) is 0 Å². The number of thiol groups is 1. The summed E-state index contributed by atoms with van der Waals surface area (Å²) in [5.74, 6) is -9.74. The highest BCUT2D eigenvalue weighted by molar-refractivity contribution is 7.81. The highest BCUT2D eigenvalue weighted by Gasteiger charge is 2.68. The molecular weight excluding hydrogens is 396 g/mol. The maximum Gasteiger partial charge on any atom is 0.468 e. The SMILES string of the molecule is C=C(C)C(=O)OC(OCC(F)(F)S)(C(=O)OCC(F)(F)F)C(F)(F)F. The van der Waals surface area contributed by atoms with E-state index in [0.29, 0.717) is 0 Å². The largest absolute Gasteiger partial charge is 0.468 e. The number of ether oxygens (including phenoxy) is 3. The number of hydrogen-bond donors (Lipinski definition) is 1. The van der Waals surface area contributed by atoms with Gasteiger partial charge in [-0.3, -0.25) is 0 Å². The van der Waals surface area contributed by atoms with Crippen molar-refractivity contribution in [3.05, 3.63) is 12.2 Å². The lowest BCUT2D eigenvalue weighted by molar-refractivity contribution is -0.361. The molecule has 0 aromatic carbocycles. The van der Waals surface area contributed by atoms with Gasteiger partial charge in [-0.15, -0.1) is 12.6 Å². The molecule has 5 nitrogen and oxygen atoms in total. The van der Waals surface area contributed by atoms with Crippen LogP contribution in [-0.4, -0.2) is 48.5 Å². The molecule has 1 unspecified atom stereocenters. The molecule has 1 atom stereocenters. The summed E-state index contributed by atoms with van der Waals surface area (Å²) in [7, 11) is 0. The van der Waals surface area contributed by atoms with Crippen LogP contribution in [-0.2, 0) is 23.8 Å². The molecule has 0 spiro atoms. The van der Waals surface area contributed by atoms with Crippen LogP contribution in [0.4, 0.5) is 35.1 Å². The van der Waals surface area contributed by atoms with Crippen molar-refractivity contribution in [3.63, 3.8) is 0 Å². The summed E-state index contributed by atoms with van der Waals surface area (Å²) in [6, 6.07) is 0. The van der Waals surface area contributed by atoms with Crippen LogP contribution < -0.4 is 0 Å².